The van der Waals surface area contributed by atoms with E-state index in [1.54, 1.807) is 0 Å². The molecule has 0 unspecified atom stereocenters. The van der Waals surface area contributed by atoms with Crippen LogP contribution >= 0.6 is 0 Å². The van der Waals surface area contributed by atoms with Crippen molar-refractivity contribution in [1.82, 2.24) is 0 Å². The molecule has 3 aromatic rings. The molecule has 0 amide bonds. The van der Waals surface area contributed by atoms with Crippen molar-refractivity contribution in [3.8, 4) is 69.0 Å². The molecule has 3 rings (SSSR count). The molecule has 0 spiro atoms. The van der Waals surface area contributed by atoms with Gasteiger partial charge in [0.25, 0.3) is 0 Å². The average molecular weight is 727 g/mol. The molecule has 0 fully saturated rings. The van der Waals surface area contributed by atoms with Crippen LogP contribution in [0.3, 0.4) is 0 Å². The number of hydrogen-bond donors (Lipinski definition) is 0. The first-order valence-electron chi connectivity index (χ1n) is 14.7. The summed E-state index contributed by atoms with van der Waals surface area (Å²) in [5, 5.41) is 0. The Morgan fingerprint density at radius 2 is 0.500 bits per heavy atom. The first-order valence-corrected chi connectivity index (χ1v) is 14.7. The molecule has 0 aromatic heterocycles. The van der Waals surface area contributed by atoms with Crippen molar-refractivity contribution in [2.24, 2.45) is 0 Å². The Labute approximate surface area is 294 Å². The van der Waals surface area contributed by atoms with Crippen LogP contribution in [0.1, 0.15) is 55.4 Å². The van der Waals surface area contributed by atoms with Gasteiger partial charge in [0.1, 0.15) is 17.2 Å². The number of benzene rings is 3. The van der Waals surface area contributed by atoms with Crippen LogP contribution in [0.4, 0.5) is 0 Å². The predicted molar refractivity (Wildman–Crippen MR) is 170 cm³/mol. The van der Waals surface area contributed by atoms with Gasteiger partial charge in [-0.2, -0.15) is 0 Å². The maximum atomic E-state index is 12.4. The van der Waals surface area contributed by atoms with Crippen LogP contribution in [0.25, 0.3) is 0 Å². The van der Waals surface area contributed by atoms with Crippen molar-refractivity contribution >= 4 is 47.8 Å². The van der Waals surface area contributed by atoms with Gasteiger partial charge in [-0.15, -0.1) is 0 Å². The minimum atomic E-state index is -0.966. The van der Waals surface area contributed by atoms with Gasteiger partial charge >= 0.3 is 47.8 Å². The summed E-state index contributed by atoms with van der Waals surface area (Å²) in [6.07, 6.45) is 0. The van der Waals surface area contributed by atoms with Gasteiger partial charge in [-0.3, -0.25) is 38.4 Å². The fourth-order valence-electron chi connectivity index (χ4n) is 4.07. The summed E-state index contributed by atoms with van der Waals surface area (Å²) in [5.74, 6) is -12.3. The highest BCUT2D eigenvalue weighted by Gasteiger charge is 2.28. The fraction of sp³-hybridized carbons (Fsp3) is 0.235. The Kier molecular flexibility index (Phi) is 13.0. The maximum absolute atomic E-state index is 12.4. The van der Waals surface area contributed by atoms with E-state index in [-0.39, 0.29) is 17.2 Å². The van der Waals surface area contributed by atoms with Crippen LogP contribution in [0.5, 0.6) is 69.0 Å². The quantitative estimate of drug-likeness (QED) is 0.182. The van der Waals surface area contributed by atoms with Crippen molar-refractivity contribution in [3.63, 3.8) is 0 Å². The standard InChI is InChI=1S/C34H30O18/c1-15(35)43-23-9-26(46-18(4)38)33(27(10-23)47-19(5)39)51-30-13-25(45-17(3)37)14-31(32(30)50-22(8)42)52-34-28(48-20(6)40)11-24(44-16(2)36)12-29(34)49-21(7)41/h9-14H,1-8H3. The average Bonchev–Trinajstić information content (AvgIpc) is 2.95. The summed E-state index contributed by atoms with van der Waals surface area (Å²) < 4.78 is 53.8. The molecule has 0 aliphatic heterocycles. The molecule has 0 radical (unpaired) electrons. The van der Waals surface area contributed by atoms with E-state index >= 15 is 0 Å². The third-order valence-corrected chi connectivity index (χ3v) is 5.45. The van der Waals surface area contributed by atoms with E-state index < -0.39 is 99.5 Å². The van der Waals surface area contributed by atoms with Crippen LogP contribution < -0.4 is 47.4 Å². The number of carbonyl (C=O) groups excluding carboxylic acids is 8. The van der Waals surface area contributed by atoms with Crippen molar-refractivity contribution < 1.29 is 85.7 Å². The Morgan fingerprint density at radius 3 is 0.712 bits per heavy atom. The number of rotatable bonds is 12. The van der Waals surface area contributed by atoms with E-state index in [0.29, 0.717) is 0 Å². The highest BCUT2D eigenvalue weighted by atomic mass is 16.6. The van der Waals surface area contributed by atoms with Gasteiger partial charge in [-0.05, 0) is 0 Å². The Bertz CT molecular complexity index is 1780. The van der Waals surface area contributed by atoms with Crippen LogP contribution in [-0.2, 0) is 38.4 Å². The summed E-state index contributed by atoms with van der Waals surface area (Å²) in [5.41, 5.74) is 0. The molecule has 0 aliphatic carbocycles. The molecule has 0 aliphatic rings. The fourth-order valence-corrected chi connectivity index (χ4v) is 4.07. The summed E-state index contributed by atoms with van der Waals surface area (Å²) in [6, 6.07) is 6.25. The third-order valence-electron chi connectivity index (χ3n) is 5.45. The first-order chi connectivity index (χ1) is 24.3. The zero-order valence-electron chi connectivity index (χ0n) is 28.8. The summed E-state index contributed by atoms with van der Waals surface area (Å²) >= 11 is 0. The predicted octanol–water partition coefficient (Wildman–Crippen LogP) is 4.67. The second-order valence-corrected chi connectivity index (χ2v) is 10.2. The maximum Gasteiger partial charge on any atom is 0.308 e. The van der Waals surface area contributed by atoms with E-state index in [4.69, 9.17) is 47.4 Å². The van der Waals surface area contributed by atoms with Gasteiger partial charge in [0.15, 0.2) is 34.5 Å². The largest absolute Gasteiger partial charge is 0.445 e. The van der Waals surface area contributed by atoms with Gasteiger partial charge in [0.05, 0.1) is 0 Å². The van der Waals surface area contributed by atoms with Gasteiger partial charge in [-0.25, -0.2) is 0 Å². The number of hydrogen-bond acceptors (Lipinski definition) is 18. The SMILES string of the molecule is CC(=O)Oc1cc(Oc2c(OC(C)=O)cc(OC(C)=O)cc2OC(C)=O)c(OC(C)=O)c(Oc2c(OC(C)=O)cc(OC(C)=O)cc2OC(C)=O)c1. The zero-order chi connectivity index (χ0) is 38.9. The van der Waals surface area contributed by atoms with E-state index in [0.717, 1.165) is 91.8 Å². The highest BCUT2D eigenvalue weighted by molar-refractivity contribution is 5.80. The molecule has 18 heteroatoms. The smallest absolute Gasteiger partial charge is 0.308 e. The Balaban J connectivity index is 2.42. The summed E-state index contributed by atoms with van der Waals surface area (Å²) in [6.45, 7) is 8.32. The minimum Gasteiger partial charge on any atom is -0.445 e. The molecular formula is C34H30O18. The number of esters is 8. The summed E-state index contributed by atoms with van der Waals surface area (Å²) in [7, 11) is 0. The van der Waals surface area contributed by atoms with Crippen LogP contribution in [0, 0.1) is 0 Å². The second-order valence-electron chi connectivity index (χ2n) is 10.2. The lowest BCUT2D eigenvalue weighted by atomic mass is 10.2. The van der Waals surface area contributed by atoms with E-state index in [2.05, 4.69) is 0 Å². The summed E-state index contributed by atoms with van der Waals surface area (Å²) in [4.78, 5) is 96.3. The molecular weight excluding hydrogens is 696 g/mol. The molecule has 0 saturated carbocycles. The van der Waals surface area contributed by atoms with Crippen molar-refractivity contribution in [2.75, 3.05) is 0 Å². The van der Waals surface area contributed by atoms with Gasteiger partial charge in [0, 0.05) is 91.8 Å². The van der Waals surface area contributed by atoms with Crippen molar-refractivity contribution in [3.05, 3.63) is 36.4 Å². The Hall–Kier alpha value is -6.98. The van der Waals surface area contributed by atoms with Crippen LogP contribution in [0.15, 0.2) is 36.4 Å². The molecule has 0 saturated heterocycles. The molecule has 3 aromatic carbocycles. The molecule has 0 heterocycles. The lowest BCUT2D eigenvalue weighted by molar-refractivity contribution is -0.133. The van der Waals surface area contributed by atoms with E-state index in [1.165, 1.54) is 0 Å². The number of ether oxygens (including phenoxy) is 10. The third kappa shape index (κ3) is 11.6. The minimum absolute atomic E-state index is 0.238. The molecule has 18 nitrogen and oxygen atoms in total. The lowest BCUT2D eigenvalue weighted by Gasteiger charge is -2.21. The number of carbonyl (C=O) groups is 8. The topological polar surface area (TPSA) is 229 Å². The zero-order valence-corrected chi connectivity index (χ0v) is 28.8. The Morgan fingerprint density at radius 1 is 0.288 bits per heavy atom. The molecule has 52 heavy (non-hydrogen) atoms. The molecule has 0 atom stereocenters. The molecule has 0 N–H and O–H groups in total. The highest BCUT2D eigenvalue weighted by Crippen LogP contribution is 2.52. The van der Waals surface area contributed by atoms with Crippen LogP contribution in [-0.4, -0.2) is 47.8 Å². The van der Waals surface area contributed by atoms with Crippen LogP contribution in [0.2, 0.25) is 0 Å². The van der Waals surface area contributed by atoms with Gasteiger partial charge in [0.2, 0.25) is 17.2 Å². The first kappa shape index (κ1) is 39.5. The molecule has 0 bridgehead atoms. The van der Waals surface area contributed by atoms with Crippen molar-refractivity contribution in [1.29, 1.82) is 0 Å². The van der Waals surface area contributed by atoms with E-state index in [9.17, 15) is 38.4 Å². The van der Waals surface area contributed by atoms with Gasteiger partial charge in [-0.1, -0.05) is 0 Å². The molecule has 274 valence electrons. The monoisotopic (exact) mass is 726 g/mol. The van der Waals surface area contributed by atoms with Crippen molar-refractivity contribution in [2.45, 2.75) is 55.4 Å². The second kappa shape index (κ2) is 17.1. The van der Waals surface area contributed by atoms with E-state index in [1.807, 2.05) is 0 Å². The lowest BCUT2D eigenvalue weighted by Crippen LogP contribution is -2.11. The normalized spacial score (nSPS) is 10.2. The van der Waals surface area contributed by atoms with Gasteiger partial charge < -0.3 is 47.4 Å².